The van der Waals surface area contributed by atoms with Gasteiger partial charge in [-0.25, -0.2) is 13.6 Å². The first-order chi connectivity index (χ1) is 11.2. The van der Waals surface area contributed by atoms with Crippen molar-refractivity contribution >= 4 is 11.7 Å². The van der Waals surface area contributed by atoms with Crippen LogP contribution in [-0.2, 0) is 17.5 Å². The number of anilines is 1. The number of rotatable bonds is 4. The molecule has 2 aromatic carbocycles. The molecule has 24 heavy (non-hydrogen) atoms. The van der Waals surface area contributed by atoms with E-state index < -0.39 is 34.9 Å². The number of hydrogen-bond donors (Lipinski definition) is 1. The number of benzene rings is 2. The fourth-order valence-corrected chi connectivity index (χ4v) is 1.96. The van der Waals surface area contributed by atoms with Gasteiger partial charge in [-0.2, -0.15) is 13.2 Å². The quantitative estimate of drug-likeness (QED) is 0.660. The molecule has 0 heterocycles. The highest BCUT2D eigenvalue weighted by atomic mass is 19.4. The van der Waals surface area contributed by atoms with Crippen LogP contribution in [0.25, 0.3) is 0 Å². The van der Waals surface area contributed by atoms with Crippen LogP contribution in [0.3, 0.4) is 0 Å². The first kappa shape index (κ1) is 17.7. The van der Waals surface area contributed by atoms with E-state index in [1.54, 1.807) is 0 Å². The smallest absolute Gasteiger partial charge is 0.416 e. The molecule has 0 aromatic heterocycles. The summed E-state index contributed by atoms with van der Waals surface area (Å²) in [6, 6.07) is 5.74. The van der Waals surface area contributed by atoms with Gasteiger partial charge in [0.1, 0.15) is 11.6 Å². The Hall–Kier alpha value is -2.64. The first-order valence-electron chi connectivity index (χ1n) is 6.69. The number of methoxy groups -OCH3 is 1. The van der Waals surface area contributed by atoms with Crippen LogP contribution in [0.4, 0.5) is 27.6 Å². The standard InChI is InChI=1S/C16H12F5NO2/c1-24-15(23)11-6-14(13(18)7-12(11)17)22-8-9-2-4-10(5-3-9)16(19,20)21/h2-7,22H,8H2,1H3. The normalized spacial score (nSPS) is 11.2. The van der Waals surface area contributed by atoms with Gasteiger partial charge < -0.3 is 10.1 Å². The molecule has 0 unspecified atom stereocenters. The molecule has 2 rings (SSSR count). The summed E-state index contributed by atoms with van der Waals surface area (Å²) in [5.41, 5.74) is -0.968. The highest BCUT2D eigenvalue weighted by Crippen LogP contribution is 2.29. The van der Waals surface area contributed by atoms with Gasteiger partial charge in [-0.05, 0) is 23.8 Å². The van der Waals surface area contributed by atoms with E-state index in [-0.39, 0.29) is 12.2 Å². The van der Waals surface area contributed by atoms with Crippen molar-refractivity contribution in [2.24, 2.45) is 0 Å². The van der Waals surface area contributed by atoms with Gasteiger partial charge >= 0.3 is 12.1 Å². The van der Waals surface area contributed by atoms with Gasteiger partial charge in [-0.15, -0.1) is 0 Å². The van der Waals surface area contributed by atoms with Gasteiger partial charge in [0.25, 0.3) is 0 Å². The molecule has 3 nitrogen and oxygen atoms in total. The Morgan fingerprint density at radius 1 is 1.08 bits per heavy atom. The zero-order valence-electron chi connectivity index (χ0n) is 12.4. The highest BCUT2D eigenvalue weighted by Gasteiger charge is 2.29. The average molecular weight is 345 g/mol. The maximum Gasteiger partial charge on any atom is 0.416 e. The van der Waals surface area contributed by atoms with Crippen molar-refractivity contribution in [3.8, 4) is 0 Å². The average Bonchev–Trinajstić information content (AvgIpc) is 2.53. The van der Waals surface area contributed by atoms with Gasteiger partial charge in [-0.3, -0.25) is 0 Å². The zero-order chi connectivity index (χ0) is 17.9. The van der Waals surface area contributed by atoms with Crippen molar-refractivity contribution in [1.29, 1.82) is 0 Å². The van der Waals surface area contributed by atoms with Crippen LogP contribution >= 0.6 is 0 Å². The largest absolute Gasteiger partial charge is 0.465 e. The Morgan fingerprint density at radius 3 is 2.25 bits per heavy atom. The molecule has 0 spiro atoms. The number of ether oxygens (including phenoxy) is 1. The summed E-state index contributed by atoms with van der Waals surface area (Å²) in [5, 5.41) is 2.60. The fraction of sp³-hybridized carbons (Fsp3) is 0.188. The van der Waals surface area contributed by atoms with Crippen LogP contribution in [0.1, 0.15) is 21.5 Å². The Kier molecular flexibility index (Phi) is 5.06. The van der Waals surface area contributed by atoms with E-state index in [1.165, 1.54) is 12.1 Å². The van der Waals surface area contributed by atoms with E-state index in [0.717, 1.165) is 25.3 Å². The number of alkyl halides is 3. The summed E-state index contributed by atoms with van der Waals surface area (Å²) >= 11 is 0. The lowest BCUT2D eigenvalue weighted by molar-refractivity contribution is -0.137. The molecule has 0 bridgehead atoms. The summed E-state index contributed by atoms with van der Waals surface area (Å²) in [6.45, 7) is -0.0126. The van der Waals surface area contributed by atoms with E-state index in [4.69, 9.17) is 0 Å². The van der Waals surface area contributed by atoms with Crippen molar-refractivity contribution in [2.45, 2.75) is 12.7 Å². The van der Waals surface area contributed by atoms with Crippen LogP contribution in [0, 0.1) is 11.6 Å². The summed E-state index contributed by atoms with van der Waals surface area (Å²) in [4.78, 5) is 11.4. The predicted octanol–water partition coefficient (Wildman–Crippen LogP) is 4.38. The lowest BCUT2D eigenvalue weighted by Gasteiger charge is -2.11. The van der Waals surface area contributed by atoms with Crippen molar-refractivity contribution < 1.29 is 31.5 Å². The molecule has 8 heteroatoms. The maximum atomic E-state index is 13.7. The number of carbonyl (C=O) groups excluding carboxylic acids is 1. The van der Waals surface area contributed by atoms with Crippen LogP contribution in [-0.4, -0.2) is 13.1 Å². The van der Waals surface area contributed by atoms with Crippen molar-refractivity contribution in [3.05, 3.63) is 64.7 Å². The van der Waals surface area contributed by atoms with E-state index in [1.807, 2.05) is 0 Å². The van der Waals surface area contributed by atoms with Gasteiger partial charge in [0.2, 0.25) is 0 Å². The second-order valence-corrected chi connectivity index (χ2v) is 4.85. The van der Waals surface area contributed by atoms with Crippen LogP contribution in [0.15, 0.2) is 36.4 Å². The van der Waals surface area contributed by atoms with Gasteiger partial charge in [0, 0.05) is 12.6 Å². The Morgan fingerprint density at radius 2 is 1.71 bits per heavy atom. The first-order valence-corrected chi connectivity index (χ1v) is 6.69. The number of halogens is 5. The molecule has 0 aliphatic carbocycles. The highest BCUT2D eigenvalue weighted by molar-refractivity contribution is 5.90. The molecule has 128 valence electrons. The van der Waals surface area contributed by atoms with Crippen LogP contribution in [0.2, 0.25) is 0 Å². The van der Waals surface area contributed by atoms with Crippen LogP contribution < -0.4 is 5.32 Å². The van der Waals surface area contributed by atoms with Crippen molar-refractivity contribution in [1.82, 2.24) is 0 Å². The minimum absolute atomic E-state index is 0.0126. The molecule has 0 aliphatic heterocycles. The fourth-order valence-electron chi connectivity index (χ4n) is 1.96. The summed E-state index contributed by atoms with van der Waals surface area (Å²) < 4.78 is 69.0. The molecule has 1 N–H and O–H groups in total. The monoisotopic (exact) mass is 345 g/mol. The third kappa shape index (κ3) is 4.01. The summed E-state index contributed by atoms with van der Waals surface area (Å²) in [5.74, 6) is -2.98. The minimum Gasteiger partial charge on any atom is -0.465 e. The molecule has 0 atom stereocenters. The molecule has 0 aliphatic rings. The molecule has 0 radical (unpaired) electrons. The van der Waals surface area contributed by atoms with Crippen molar-refractivity contribution in [2.75, 3.05) is 12.4 Å². The van der Waals surface area contributed by atoms with E-state index in [2.05, 4.69) is 10.1 Å². The molecule has 0 fully saturated rings. The third-order valence-corrected chi connectivity index (χ3v) is 3.23. The predicted molar refractivity (Wildman–Crippen MR) is 76.5 cm³/mol. The van der Waals surface area contributed by atoms with E-state index in [0.29, 0.717) is 11.6 Å². The summed E-state index contributed by atoms with van der Waals surface area (Å²) in [7, 11) is 1.06. The third-order valence-electron chi connectivity index (χ3n) is 3.23. The minimum atomic E-state index is -4.44. The SMILES string of the molecule is COC(=O)c1cc(NCc2ccc(C(F)(F)F)cc2)c(F)cc1F. The Labute approximate surface area is 134 Å². The van der Waals surface area contributed by atoms with E-state index >= 15 is 0 Å². The van der Waals surface area contributed by atoms with Gasteiger partial charge in [0.15, 0.2) is 0 Å². The number of hydrogen-bond acceptors (Lipinski definition) is 3. The molecule has 0 amide bonds. The van der Waals surface area contributed by atoms with E-state index in [9.17, 15) is 26.7 Å². The molecular formula is C16H12F5NO2. The molecule has 0 saturated carbocycles. The topological polar surface area (TPSA) is 38.3 Å². The molecule has 0 saturated heterocycles. The van der Waals surface area contributed by atoms with Crippen molar-refractivity contribution in [3.63, 3.8) is 0 Å². The number of nitrogens with one attached hydrogen (secondary N) is 1. The second kappa shape index (κ2) is 6.86. The molecular weight excluding hydrogens is 333 g/mol. The maximum absolute atomic E-state index is 13.7. The molecule has 2 aromatic rings. The Balaban J connectivity index is 2.16. The zero-order valence-corrected chi connectivity index (χ0v) is 12.4. The van der Waals surface area contributed by atoms with Crippen LogP contribution in [0.5, 0.6) is 0 Å². The Bertz CT molecular complexity index is 741. The van der Waals surface area contributed by atoms with Gasteiger partial charge in [-0.1, -0.05) is 12.1 Å². The number of carbonyl (C=O) groups is 1. The lowest BCUT2D eigenvalue weighted by Crippen LogP contribution is -2.09. The number of esters is 1. The summed E-state index contributed by atoms with van der Waals surface area (Å²) in [6.07, 6.45) is -4.44. The van der Waals surface area contributed by atoms with Gasteiger partial charge in [0.05, 0.1) is 23.9 Å². The lowest BCUT2D eigenvalue weighted by atomic mass is 10.1. The second-order valence-electron chi connectivity index (χ2n) is 4.85.